The van der Waals surface area contributed by atoms with Gasteiger partial charge in [0, 0.05) is 5.69 Å². The van der Waals surface area contributed by atoms with E-state index in [0.29, 0.717) is 5.65 Å². The third kappa shape index (κ3) is 1.83. The summed E-state index contributed by atoms with van der Waals surface area (Å²) in [7, 11) is 0. The fourth-order valence-corrected chi connectivity index (χ4v) is 1.84. The summed E-state index contributed by atoms with van der Waals surface area (Å²) in [5.74, 6) is 0.178. The molecule has 3 N–H and O–H groups in total. The number of hydrogen-bond acceptors (Lipinski definition) is 5. The Morgan fingerprint density at radius 3 is 2.74 bits per heavy atom. The van der Waals surface area contributed by atoms with Crippen molar-refractivity contribution in [1.82, 2.24) is 14.6 Å². The van der Waals surface area contributed by atoms with Crippen molar-refractivity contribution in [3.8, 4) is 6.07 Å². The van der Waals surface area contributed by atoms with Crippen LogP contribution in [0.1, 0.15) is 5.69 Å². The molecule has 0 atom stereocenters. The van der Waals surface area contributed by atoms with Gasteiger partial charge >= 0.3 is 0 Å². The van der Waals surface area contributed by atoms with E-state index in [9.17, 15) is 0 Å². The Balaban J connectivity index is 2.13. The van der Waals surface area contributed by atoms with Gasteiger partial charge in [-0.2, -0.15) is 14.9 Å². The van der Waals surface area contributed by atoms with Gasteiger partial charge in [-0.25, -0.2) is 4.98 Å². The van der Waals surface area contributed by atoms with E-state index in [4.69, 9.17) is 11.0 Å². The number of hydrogen-bond donors (Lipinski definition) is 2. The van der Waals surface area contributed by atoms with Gasteiger partial charge in [0.25, 0.3) is 0 Å². The number of nitriles is 1. The summed E-state index contributed by atoms with van der Waals surface area (Å²) < 4.78 is 1.43. The van der Waals surface area contributed by atoms with Crippen LogP contribution in [0, 0.1) is 11.3 Å². The van der Waals surface area contributed by atoms with Gasteiger partial charge in [0.1, 0.15) is 6.07 Å². The van der Waals surface area contributed by atoms with Crippen LogP contribution in [-0.2, 0) is 0 Å². The molecule has 0 unspecified atom stereocenters. The van der Waals surface area contributed by atoms with E-state index in [-0.39, 0.29) is 11.5 Å². The maximum atomic E-state index is 9.03. The van der Waals surface area contributed by atoms with E-state index < -0.39 is 0 Å². The molecule has 0 radical (unpaired) electrons. The summed E-state index contributed by atoms with van der Waals surface area (Å²) in [5, 5.41) is 16.3. The molecule has 2 heterocycles. The Hall–Kier alpha value is -3.07. The molecule has 0 aliphatic rings. The van der Waals surface area contributed by atoms with Gasteiger partial charge in [0.15, 0.2) is 17.2 Å². The predicted molar refractivity (Wildman–Crippen MR) is 71.8 cm³/mol. The predicted octanol–water partition coefficient (Wildman–Crippen LogP) is 1.93. The van der Waals surface area contributed by atoms with E-state index in [1.165, 1.54) is 4.52 Å². The number of anilines is 3. The number of nitrogens with zero attached hydrogens (tertiary/aromatic N) is 4. The standard InChI is InChI=1S/C13H10N6/c14-8-11-12(15)18-13-10(6-7-16-19(11)13)17-9-4-2-1-3-5-9/h1-7,17H,15H2. The summed E-state index contributed by atoms with van der Waals surface area (Å²) in [4.78, 5) is 4.17. The van der Waals surface area contributed by atoms with Crippen molar-refractivity contribution in [1.29, 1.82) is 5.26 Å². The van der Waals surface area contributed by atoms with E-state index in [1.807, 2.05) is 36.4 Å². The topological polar surface area (TPSA) is 92.0 Å². The first-order valence-corrected chi connectivity index (χ1v) is 5.65. The maximum absolute atomic E-state index is 9.03. The van der Waals surface area contributed by atoms with E-state index in [2.05, 4.69) is 15.4 Å². The Morgan fingerprint density at radius 1 is 1.21 bits per heavy atom. The zero-order valence-corrected chi connectivity index (χ0v) is 9.91. The number of benzene rings is 1. The molecular formula is C13H10N6. The number of rotatable bonds is 2. The van der Waals surface area contributed by atoms with Crippen molar-refractivity contribution < 1.29 is 0 Å². The lowest BCUT2D eigenvalue weighted by Crippen LogP contribution is -1.99. The molecule has 6 heteroatoms. The van der Waals surface area contributed by atoms with Crippen molar-refractivity contribution in [2.24, 2.45) is 0 Å². The number of imidazole rings is 1. The molecule has 6 nitrogen and oxygen atoms in total. The Kier molecular flexibility index (Phi) is 2.50. The SMILES string of the molecule is N#Cc1c(N)nc2c(Nc3ccccc3)ccnn12. The number of nitrogens with one attached hydrogen (secondary N) is 1. The molecule has 1 aromatic carbocycles. The molecule has 0 aliphatic carbocycles. The Morgan fingerprint density at radius 2 is 2.00 bits per heavy atom. The highest BCUT2D eigenvalue weighted by atomic mass is 15.3. The molecule has 3 rings (SSSR count). The molecule has 0 saturated carbocycles. The highest BCUT2D eigenvalue weighted by Gasteiger charge is 2.12. The fraction of sp³-hybridized carbons (Fsp3) is 0. The van der Waals surface area contributed by atoms with Crippen molar-refractivity contribution >= 4 is 22.8 Å². The minimum absolute atomic E-state index is 0.178. The van der Waals surface area contributed by atoms with E-state index >= 15 is 0 Å². The minimum atomic E-state index is 0.178. The van der Waals surface area contributed by atoms with Crippen LogP contribution >= 0.6 is 0 Å². The molecule has 0 saturated heterocycles. The number of nitrogens with two attached hydrogens (primary N) is 1. The van der Waals surface area contributed by atoms with Gasteiger partial charge in [-0.1, -0.05) is 18.2 Å². The third-order valence-corrected chi connectivity index (χ3v) is 2.70. The first-order chi connectivity index (χ1) is 9.29. The lowest BCUT2D eigenvalue weighted by atomic mass is 10.3. The summed E-state index contributed by atoms with van der Waals surface area (Å²) in [6.07, 6.45) is 1.60. The van der Waals surface area contributed by atoms with E-state index in [1.54, 1.807) is 12.3 Å². The van der Waals surface area contributed by atoms with Crippen LogP contribution in [0.3, 0.4) is 0 Å². The highest BCUT2D eigenvalue weighted by molar-refractivity contribution is 5.75. The van der Waals surface area contributed by atoms with Gasteiger partial charge < -0.3 is 11.1 Å². The largest absolute Gasteiger partial charge is 0.381 e. The van der Waals surface area contributed by atoms with Crippen LogP contribution in [-0.4, -0.2) is 14.6 Å². The monoisotopic (exact) mass is 250 g/mol. The molecular weight excluding hydrogens is 240 g/mol. The minimum Gasteiger partial charge on any atom is -0.381 e. The first kappa shape index (κ1) is 11.0. The summed E-state index contributed by atoms with van der Waals surface area (Å²) in [6.45, 7) is 0. The first-order valence-electron chi connectivity index (χ1n) is 5.65. The van der Waals surface area contributed by atoms with Crippen molar-refractivity contribution in [2.75, 3.05) is 11.1 Å². The van der Waals surface area contributed by atoms with E-state index in [0.717, 1.165) is 11.4 Å². The van der Waals surface area contributed by atoms with Crippen LogP contribution < -0.4 is 11.1 Å². The molecule has 0 amide bonds. The van der Waals surface area contributed by atoms with Gasteiger partial charge in [-0.3, -0.25) is 0 Å². The number of para-hydroxylation sites is 1. The molecule has 0 bridgehead atoms. The van der Waals surface area contributed by atoms with Gasteiger partial charge in [0.2, 0.25) is 0 Å². The van der Waals surface area contributed by atoms with Gasteiger partial charge in [0.05, 0.1) is 11.9 Å². The maximum Gasteiger partial charge on any atom is 0.186 e. The summed E-state index contributed by atoms with van der Waals surface area (Å²) in [5.41, 5.74) is 8.15. The summed E-state index contributed by atoms with van der Waals surface area (Å²) in [6, 6.07) is 13.5. The Labute approximate surface area is 109 Å². The van der Waals surface area contributed by atoms with Gasteiger partial charge in [-0.15, -0.1) is 0 Å². The quantitative estimate of drug-likeness (QED) is 0.725. The molecule has 0 aliphatic heterocycles. The smallest absolute Gasteiger partial charge is 0.186 e. The molecule has 92 valence electrons. The van der Waals surface area contributed by atoms with Gasteiger partial charge in [-0.05, 0) is 18.2 Å². The van der Waals surface area contributed by atoms with Crippen LogP contribution in [0.4, 0.5) is 17.2 Å². The normalized spacial score (nSPS) is 10.3. The average Bonchev–Trinajstić information content (AvgIpc) is 2.76. The lowest BCUT2D eigenvalue weighted by Gasteiger charge is -2.06. The molecule has 19 heavy (non-hydrogen) atoms. The lowest BCUT2D eigenvalue weighted by molar-refractivity contribution is 0.922. The number of fused-ring (bicyclic) bond motifs is 1. The number of aromatic nitrogens is 3. The average molecular weight is 250 g/mol. The second-order valence-electron chi connectivity index (χ2n) is 3.93. The third-order valence-electron chi connectivity index (χ3n) is 2.70. The second kappa shape index (κ2) is 4.31. The van der Waals surface area contributed by atoms with Crippen LogP contribution in [0.15, 0.2) is 42.6 Å². The van der Waals surface area contributed by atoms with Crippen LogP contribution in [0.5, 0.6) is 0 Å². The van der Waals surface area contributed by atoms with Crippen molar-refractivity contribution in [2.45, 2.75) is 0 Å². The molecule has 2 aromatic heterocycles. The molecule has 0 spiro atoms. The van der Waals surface area contributed by atoms with Crippen molar-refractivity contribution in [3.05, 3.63) is 48.3 Å². The zero-order valence-electron chi connectivity index (χ0n) is 9.91. The van der Waals surface area contributed by atoms with Crippen LogP contribution in [0.2, 0.25) is 0 Å². The van der Waals surface area contributed by atoms with Crippen molar-refractivity contribution in [3.63, 3.8) is 0 Å². The molecule has 3 aromatic rings. The van der Waals surface area contributed by atoms with Crippen LogP contribution in [0.25, 0.3) is 5.65 Å². The molecule has 0 fully saturated rings. The Bertz CT molecular complexity index is 769. The second-order valence-corrected chi connectivity index (χ2v) is 3.93. The number of nitrogen functional groups attached to an aromatic ring is 1. The zero-order chi connectivity index (χ0) is 13.2. The highest BCUT2D eigenvalue weighted by Crippen LogP contribution is 2.22. The summed E-state index contributed by atoms with van der Waals surface area (Å²) >= 11 is 0. The fourth-order valence-electron chi connectivity index (χ4n) is 1.84.